The lowest BCUT2D eigenvalue weighted by molar-refractivity contribution is -0.137. The van der Waals surface area contributed by atoms with Crippen LogP contribution in [0.15, 0.2) is 66.7 Å². The van der Waals surface area contributed by atoms with Crippen molar-refractivity contribution in [3.8, 4) is 22.6 Å². The number of fused-ring (bicyclic) bond motifs is 1. The molecule has 1 atom stereocenters. The maximum absolute atomic E-state index is 14.4. The van der Waals surface area contributed by atoms with E-state index in [9.17, 15) is 26.7 Å². The highest BCUT2D eigenvalue weighted by Gasteiger charge is 2.33. The summed E-state index contributed by atoms with van der Waals surface area (Å²) in [5.41, 5.74) is 7.09. The van der Waals surface area contributed by atoms with Crippen LogP contribution in [0.25, 0.3) is 22.0 Å². The maximum atomic E-state index is 14.4. The van der Waals surface area contributed by atoms with E-state index in [1.807, 2.05) is 24.3 Å². The Labute approximate surface area is 278 Å². The van der Waals surface area contributed by atoms with Crippen molar-refractivity contribution in [3.63, 3.8) is 0 Å². The summed E-state index contributed by atoms with van der Waals surface area (Å²) < 4.78 is 83.1. The minimum atomic E-state index is -4.91. The van der Waals surface area contributed by atoms with Crippen LogP contribution in [0.2, 0.25) is 5.02 Å². The highest BCUT2D eigenvalue weighted by atomic mass is 79.9. The summed E-state index contributed by atoms with van der Waals surface area (Å²) in [6, 6.07) is 13.9. The number of rotatable bonds is 7. The lowest BCUT2D eigenvalue weighted by Gasteiger charge is -2.25. The molecule has 14 heteroatoms. The summed E-state index contributed by atoms with van der Waals surface area (Å²) in [7, 11) is 0. The lowest BCUT2D eigenvalue weighted by atomic mass is 9.96. The minimum Gasteiger partial charge on any atom is -0.453 e. The highest BCUT2D eigenvalue weighted by molar-refractivity contribution is 9.08. The first-order valence-corrected chi connectivity index (χ1v) is 15.9. The lowest BCUT2D eigenvalue weighted by Crippen LogP contribution is -2.19. The second kappa shape index (κ2) is 13.1. The summed E-state index contributed by atoms with van der Waals surface area (Å²) >= 11 is 9.88. The van der Waals surface area contributed by atoms with Crippen molar-refractivity contribution in [1.29, 1.82) is 0 Å². The van der Waals surface area contributed by atoms with Gasteiger partial charge in [-0.05, 0) is 66.8 Å². The van der Waals surface area contributed by atoms with Crippen LogP contribution >= 0.6 is 27.5 Å². The van der Waals surface area contributed by atoms with Crippen LogP contribution in [0.4, 0.5) is 33.5 Å². The minimum absolute atomic E-state index is 0.0204. The molecule has 1 unspecified atom stereocenters. The molecule has 244 valence electrons. The molecule has 0 saturated carbocycles. The van der Waals surface area contributed by atoms with Gasteiger partial charge in [-0.3, -0.25) is 4.79 Å². The molecule has 1 aliphatic rings. The number of nitrogens with one attached hydrogen (secondary N) is 1. The maximum Gasteiger partial charge on any atom is 0.416 e. The van der Waals surface area contributed by atoms with Crippen molar-refractivity contribution in [3.05, 3.63) is 100 Å². The number of carbonyl (C=O) groups excluding carboxylic acids is 1. The molecule has 0 spiro atoms. The van der Waals surface area contributed by atoms with Crippen molar-refractivity contribution >= 4 is 55.8 Å². The number of nitrogens with two attached hydrogens (primary N) is 1. The van der Waals surface area contributed by atoms with Crippen LogP contribution in [-0.4, -0.2) is 22.3 Å². The molecule has 1 fully saturated rings. The third kappa shape index (κ3) is 6.65. The molecule has 1 saturated heterocycles. The number of anilines is 2. The average molecular weight is 736 g/mol. The fourth-order valence-corrected chi connectivity index (χ4v) is 6.16. The van der Waals surface area contributed by atoms with Gasteiger partial charge in [0.05, 0.1) is 27.2 Å². The number of alkyl halides is 4. The molecule has 0 bridgehead atoms. The first kappa shape index (κ1) is 32.7. The van der Waals surface area contributed by atoms with E-state index < -0.39 is 41.1 Å². The average Bonchev–Trinajstić information content (AvgIpc) is 3.40. The molecular formula is C33H25BrClF5N4O3. The molecule has 0 radical (unpaired) electrons. The van der Waals surface area contributed by atoms with Crippen LogP contribution in [0.3, 0.4) is 0 Å². The van der Waals surface area contributed by atoms with Gasteiger partial charge in [-0.15, -0.1) is 0 Å². The highest BCUT2D eigenvalue weighted by Crippen LogP contribution is 2.48. The second-order valence-corrected chi connectivity index (χ2v) is 11.8. The van der Waals surface area contributed by atoms with Crippen molar-refractivity contribution in [1.82, 2.24) is 9.78 Å². The number of halogens is 7. The van der Waals surface area contributed by atoms with Gasteiger partial charge in [0.15, 0.2) is 17.8 Å². The molecule has 0 aliphatic carbocycles. The summed E-state index contributed by atoms with van der Waals surface area (Å²) in [6.07, 6.45) is -3.05. The second-order valence-electron chi connectivity index (χ2n) is 10.8. The van der Waals surface area contributed by atoms with Gasteiger partial charge in [-0.25, -0.2) is 13.5 Å². The number of benzene rings is 4. The number of ether oxygens (including phenoxy) is 2. The van der Waals surface area contributed by atoms with Crippen molar-refractivity contribution in [2.75, 3.05) is 17.7 Å². The number of amides is 1. The molecule has 3 N–H and O–H groups in total. The Bertz CT molecular complexity index is 2000. The normalized spacial score (nSPS) is 15.2. The Morgan fingerprint density at radius 2 is 1.85 bits per heavy atom. The van der Waals surface area contributed by atoms with Crippen molar-refractivity contribution in [2.24, 2.45) is 0 Å². The molecule has 5 aromatic rings. The molecule has 7 nitrogen and oxygen atoms in total. The number of nitrogens with zero attached hydrogens (tertiary/aromatic N) is 2. The van der Waals surface area contributed by atoms with E-state index in [2.05, 4.69) is 26.3 Å². The summed E-state index contributed by atoms with van der Waals surface area (Å²) in [6.45, 7) is 0.489. The third-order valence-corrected chi connectivity index (χ3v) is 8.59. The quantitative estimate of drug-likeness (QED) is 0.128. The topological polar surface area (TPSA) is 91.4 Å². The van der Waals surface area contributed by atoms with Gasteiger partial charge in [0, 0.05) is 29.1 Å². The fraction of sp³-hybridized carbons (Fsp3) is 0.212. The SMILES string of the molecule is Nc1nn(C2CCCCO2)c2c(-c3ccccc3CBr)cc(NC(=O)c3cc(F)cc(C(F)(F)F)c3)c(Oc3cc(F)ccc3Cl)c12. The monoisotopic (exact) mass is 734 g/mol. The number of hydrogen-bond acceptors (Lipinski definition) is 5. The Morgan fingerprint density at radius 1 is 1.06 bits per heavy atom. The molecule has 2 heterocycles. The first-order valence-electron chi connectivity index (χ1n) is 14.4. The predicted molar refractivity (Wildman–Crippen MR) is 172 cm³/mol. The van der Waals surface area contributed by atoms with E-state index >= 15 is 0 Å². The zero-order valence-corrected chi connectivity index (χ0v) is 26.6. The van der Waals surface area contributed by atoms with Crippen molar-refractivity contribution < 1.29 is 36.2 Å². The van der Waals surface area contributed by atoms with E-state index in [1.54, 1.807) is 10.7 Å². The van der Waals surface area contributed by atoms with E-state index in [1.165, 1.54) is 6.07 Å². The predicted octanol–water partition coefficient (Wildman–Crippen LogP) is 9.87. The molecule has 47 heavy (non-hydrogen) atoms. The molecule has 1 amide bonds. The van der Waals surface area contributed by atoms with E-state index in [4.69, 9.17) is 26.8 Å². The largest absolute Gasteiger partial charge is 0.453 e. The van der Waals surface area contributed by atoms with Crippen LogP contribution in [0.5, 0.6) is 11.5 Å². The number of aromatic nitrogens is 2. The number of nitrogen functional groups attached to an aromatic ring is 1. The molecule has 4 aromatic carbocycles. The van der Waals surface area contributed by atoms with E-state index in [0.717, 1.165) is 30.5 Å². The molecule has 1 aliphatic heterocycles. The van der Waals surface area contributed by atoms with Gasteiger partial charge in [-0.2, -0.15) is 18.3 Å². The number of carbonyl (C=O) groups is 1. The van der Waals surface area contributed by atoms with Gasteiger partial charge >= 0.3 is 6.18 Å². The van der Waals surface area contributed by atoms with E-state index in [-0.39, 0.29) is 33.4 Å². The third-order valence-electron chi connectivity index (χ3n) is 7.67. The fourth-order valence-electron chi connectivity index (χ4n) is 5.52. The van der Waals surface area contributed by atoms with Gasteiger partial charge in [-0.1, -0.05) is 51.8 Å². The Balaban J connectivity index is 1.62. The van der Waals surface area contributed by atoms with Crippen LogP contribution < -0.4 is 15.8 Å². The van der Waals surface area contributed by atoms with Crippen LogP contribution in [-0.2, 0) is 16.2 Å². The summed E-state index contributed by atoms with van der Waals surface area (Å²) in [5, 5.41) is 7.84. The van der Waals surface area contributed by atoms with Crippen molar-refractivity contribution in [2.45, 2.75) is 37.0 Å². The van der Waals surface area contributed by atoms with Gasteiger partial charge in [0.25, 0.3) is 5.91 Å². The molecule has 1 aromatic heterocycles. The Kier molecular flexibility index (Phi) is 9.14. The molecular weight excluding hydrogens is 711 g/mol. The van der Waals surface area contributed by atoms with Crippen LogP contribution in [0, 0.1) is 11.6 Å². The Hall–Kier alpha value is -4.20. The summed E-state index contributed by atoms with van der Waals surface area (Å²) in [4.78, 5) is 13.5. The van der Waals surface area contributed by atoms with Gasteiger partial charge in [0.2, 0.25) is 0 Å². The smallest absolute Gasteiger partial charge is 0.416 e. The van der Waals surface area contributed by atoms with Crippen LogP contribution in [0.1, 0.15) is 47.0 Å². The van der Waals surface area contributed by atoms with Gasteiger partial charge in [0.1, 0.15) is 17.4 Å². The molecule has 6 rings (SSSR count). The standard InChI is InChI=1S/C33H25BrClF5N4O3/c34-16-17-5-1-2-6-22(17)23-15-25(42-32(45)18-11-19(33(38,39)40)13-21(37)12-18)30(47-26-14-20(36)8-9-24(26)35)28-29(23)44(43-31(28)41)27-7-3-4-10-46-27/h1-2,5-6,8-9,11-15,27H,3-4,7,10,16H2,(H2,41,43)(H,42,45). The zero-order chi connectivity index (χ0) is 33.5. The number of hydrogen-bond donors (Lipinski definition) is 2. The first-order chi connectivity index (χ1) is 22.4. The zero-order valence-electron chi connectivity index (χ0n) is 24.3. The summed E-state index contributed by atoms with van der Waals surface area (Å²) in [5.74, 6) is -3.29. The Morgan fingerprint density at radius 3 is 2.57 bits per heavy atom. The van der Waals surface area contributed by atoms with E-state index in [0.29, 0.717) is 53.2 Å². The van der Waals surface area contributed by atoms with Gasteiger partial charge < -0.3 is 20.5 Å².